The molecule has 7 heteroatoms. The van der Waals surface area contributed by atoms with Gasteiger partial charge in [0.1, 0.15) is 5.82 Å². The maximum Gasteiger partial charge on any atom is 0.302 e. The molecule has 0 unspecified atom stereocenters. The molecule has 1 aromatic rings. The lowest BCUT2D eigenvalue weighted by Gasteiger charge is -2.13. The largest absolute Gasteiger partial charge is 0.381 e. The van der Waals surface area contributed by atoms with Crippen molar-refractivity contribution in [1.82, 2.24) is 9.29 Å². The highest BCUT2D eigenvalue weighted by Gasteiger charge is 2.20. The van der Waals surface area contributed by atoms with Gasteiger partial charge in [0.15, 0.2) is 0 Å². The van der Waals surface area contributed by atoms with Crippen LogP contribution in [0.3, 0.4) is 0 Å². The number of pyridine rings is 1. The lowest BCUT2D eigenvalue weighted by molar-refractivity contribution is 0.526. The van der Waals surface area contributed by atoms with E-state index in [2.05, 4.69) is 15.0 Å². The van der Waals surface area contributed by atoms with E-state index in [0.29, 0.717) is 11.9 Å². The molecule has 1 fully saturated rings. The van der Waals surface area contributed by atoms with Crippen LogP contribution in [-0.4, -0.2) is 37.8 Å². The zero-order valence-electron chi connectivity index (χ0n) is 9.84. The van der Waals surface area contributed by atoms with E-state index in [1.54, 1.807) is 12.3 Å². The minimum absolute atomic E-state index is 0.319. The molecule has 1 saturated carbocycles. The zero-order chi connectivity index (χ0) is 12.5. The van der Waals surface area contributed by atoms with Crippen molar-refractivity contribution in [2.75, 3.05) is 24.1 Å². The molecule has 0 spiro atoms. The Labute approximate surface area is 101 Å². The maximum absolute atomic E-state index is 11.5. The second-order valence-corrected chi connectivity index (χ2v) is 6.12. The highest BCUT2D eigenvalue weighted by atomic mass is 32.2. The molecule has 0 bridgehead atoms. The van der Waals surface area contributed by atoms with Crippen molar-refractivity contribution in [2.45, 2.75) is 18.9 Å². The molecule has 1 heterocycles. The molecule has 0 radical (unpaired) electrons. The van der Waals surface area contributed by atoms with Crippen LogP contribution in [0.1, 0.15) is 12.8 Å². The molecule has 0 aromatic carbocycles. The Morgan fingerprint density at radius 3 is 2.53 bits per heavy atom. The Hall–Kier alpha value is -1.34. The van der Waals surface area contributed by atoms with E-state index in [4.69, 9.17) is 0 Å². The number of anilines is 2. The van der Waals surface area contributed by atoms with Gasteiger partial charge < -0.3 is 5.32 Å². The SMILES string of the molecule is CN(C)S(=O)(=O)Nc1ccc(NC2CC2)cn1. The van der Waals surface area contributed by atoms with Gasteiger partial charge in [-0.05, 0) is 25.0 Å². The number of rotatable bonds is 5. The van der Waals surface area contributed by atoms with E-state index in [1.807, 2.05) is 6.07 Å². The molecule has 0 aliphatic heterocycles. The number of nitrogens with one attached hydrogen (secondary N) is 2. The molecular weight excluding hydrogens is 240 g/mol. The summed E-state index contributed by atoms with van der Waals surface area (Å²) in [7, 11) is -0.547. The highest BCUT2D eigenvalue weighted by Crippen LogP contribution is 2.24. The van der Waals surface area contributed by atoms with E-state index < -0.39 is 10.2 Å². The van der Waals surface area contributed by atoms with Crippen LogP contribution in [0.25, 0.3) is 0 Å². The number of nitrogens with zero attached hydrogens (tertiary/aromatic N) is 2. The minimum atomic E-state index is -3.47. The third kappa shape index (κ3) is 3.31. The molecule has 17 heavy (non-hydrogen) atoms. The number of aromatic nitrogens is 1. The summed E-state index contributed by atoms with van der Waals surface area (Å²) in [5, 5.41) is 3.28. The van der Waals surface area contributed by atoms with Gasteiger partial charge in [0.05, 0.1) is 11.9 Å². The predicted octanol–water partition coefficient (Wildman–Crippen LogP) is 0.874. The van der Waals surface area contributed by atoms with Gasteiger partial charge in [0, 0.05) is 20.1 Å². The van der Waals surface area contributed by atoms with Gasteiger partial charge in [0.2, 0.25) is 0 Å². The fourth-order valence-electron chi connectivity index (χ4n) is 1.23. The van der Waals surface area contributed by atoms with Gasteiger partial charge in [-0.3, -0.25) is 4.72 Å². The second kappa shape index (κ2) is 4.50. The Kier molecular flexibility index (Phi) is 3.21. The van der Waals surface area contributed by atoms with Gasteiger partial charge >= 0.3 is 10.2 Å². The molecular formula is C10H16N4O2S. The standard InChI is InChI=1S/C10H16N4O2S/c1-14(2)17(15,16)13-10-6-5-9(7-11-10)12-8-3-4-8/h5-8,12H,3-4H2,1-2H3,(H,11,13). The number of hydrogen-bond acceptors (Lipinski definition) is 4. The van der Waals surface area contributed by atoms with Crippen LogP contribution >= 0.6 is 0 Å². The number of hydrogen-bond donors (Lipinski definition) is 2. The van der Waals surface area contributed by atoms with Gasteiger partial charge in [-0.15, -0.1) is 0 Å². The summed E-state index contributed by atoms with van der Waals surface area (Å²) < 4.78 is 26.5. The van der Waals surface area contributed by atoms with E-state index in [1.165, 1.54) is 26.9 Å². The molecule has 0 atom stereocenters. The van der Waals surface area contributed by atoms with Crippen LogP contribution < -0.4 is 10.0 Å². The van der Waals surface area contributed by atoms with Gasteiger partial charge in [0.25, 0.3) is 0 Å². The van der Waals surface area contributed by atoms with Crippen molar-refractivity contribution in [2.24, 2.45) is 0 Å². The van der Waals surface area contributed by atoms with Crippen molar-refractivity contribution >= 4 is 21.7 Å². The van der Waals surface area contributed by atoms with Crippen LogP contribution in [0, 0.1) is 0 Å². The van der Waals surface area contributed by atoms with Crippen LogP contribution in [0.5, 0.6) is 0 Å². The van der Waals surface area contributed by atoms with Crippen molar-refractivity contribution in [1.29, 1.82) is 0 Å². The highest BCUT2D eigenvalue weighted by molar-refractivity contribution is 7.90. The first-order valence-corrected chi connectivity index (χ1v) is 6.84. The Morgan fingerprint density at radius 2 is 2.06 bits per heavy atom. The molecule has 2 rings (SSSR count). The van der Waals surface area contributed by atoms with E-state index in [-0.39, 0.29) is 0 Å². The summed E-state index contributed by atoms with van der Waals surface area (Å²) in [6, 6.07) is 4.02. The monoisotopic (exact) mass is 256 g/mol. The Morgan fingerprint density at radius 1 is 1.35 bits per heavy atom. The van der Waals surface area contributed by atoms with Crippen LogP contribution in [0.15, 0.2) is 18.3 Å². The molecule has 1 aliphatic rings. The Bertz CT molecular complexity index is 480. The summed E-state index contributed by atoms with van der Waals surface area (Å²) in [5.74, 6) is 0.319. The fourth-order valence-corrected chi connectivity index (χ4v) is 1.79. The second-order valence-electron chi connectivity index (χ2n) is 4.24. The van der Waals surface area contributed by atoms with Crippen molar-refractivity contribution in [3.05, 3.63) is 18.3 Å². The van der Waals surface area contributed by atoms with Crippen molar-refractivity contribution < 1.29 is 8.42 Å². The van der Waals surface area contributed by atoms with Crippen LogP contribution in [0.2, 0.25) is 0 Å². The minimum Gasteiger partial charge on any atom is -0.381 e. The van der Waals surface area contributed by atoms with Crippen molar-refractivity contribution in [3.63, 3.8) is 0 Å². The molecule has 2 N–H and O–H groups in total. The molecule has 0 amide bonds. The third-order valence-corrected chi connectivity index (χ3v) is 3.85. The average molecular weight is 256 g/mol. The maximum atomic E-state index is 11.5. The van der Waals surface area contributed by atoms with Crippen LogP contribution in [-0.2, 0) is 10.2 Å². The molecule has 0 saturated heterocycles. The Balaban J connectivity index is 2.02. The van der Waals surface area contributed by atoms with Gasteiger partial charge in [-0.25, -0.2) is 4.98 Å². The molecule has 1 aliphatic carbocycles. The first kappa shape index (κ1) is 12.1. The summed E-state index contributed by atoms with van der Waals surface area (Å²) in [5.41, 5.74) is 0.917. The summed E-state index contributed by atoms with van der Waals surface area (Å²) in [4.78, 5) is 4.05. The van der Waals surface area contributed by atoms with Gasteiger partial charge in [-0.2, -0.15) is 12.7 Å². The topological polar surface area (TPSA) is 74.3 Å². The lowest BCUT2D eigenvalue weighted by atomic mass is 10.4. The van der Waals surface area contributed by atoms with E-state index in [0.717, 1.165) is 9.99 Å². The summed E-state index contributed by atoms with van der Waals surface area (Å²) in [6.45, 7) is 0. The predicted molar refractivity (Wildman–Crippen MR) is 67.1 cm³/mol. The third-order valence-electron chi connectivity index (χ3n) is 2.43. The smallest absolute Gasteiger partial charge is 0.302 e. The first-order valence-electron chi connectivity index (χ1n) is 5.40. The molecule has 94 valence electrons. The van der Waals surface area contributed by atoms with Crippen LogP contribution in [0.4, 0.5) is 11.5 Å². The summed E-state index contributed by atoms with van der Waals surface area (Å²) in [6.07, 6.45) is 4.01. The van der Waals surface area contributed by atoms with E-state index >= 15 is 0 Å². The fraction of sp³-hybridized carbons (Fsp3) is 0.500. The molecule has 6 nitrogen and oxygen atoms in total. The lowest BCUT2D eigenvalue weighted by Crippen LogP contribution is -2.29. The average Bonchev–Trinajstić information content (AvgIpc) is 3.04. The van der Waals surface area contributed by atoms with Crippen molar-refractivity contribution in [3.8, 4) is 0 Å². The normalized spacial score (nSPS) is 15.9. The zero-order valence-corrected chi connectivity index (χ0v) is 10.7. The van der Waals surface area contributed by atoms with E-state index in [9.17, 15) is 8.42 Å². The first-order chi connectivity index (χ1) is 7.97. The van der Waals surface area contributed by atoms with Gasteiger partial charge in [-0.1, -0.05) is 0 Å². The quantitative estimate of drug-likeness (QED) is 0.820. The summed E-state index contributed by atoms with van der Waals surface area (Å²) >= 11 is 0. The molecule has 1 aromatic heterocycles.